The molecule has 8 heteroatoms. The van der Waals surface area contributed by atoms with Gasteiger partial charge in [0.15, 0.2) is 11.5 Å². The molecule has 8 nitrogen and oxygen atoms in total. The van der Waals surface area contributed by atoms with Gasteiger partial charge in [0, 0.05) is 32.5 Å². The Hall–Kier alpha value is -3.18. The maximum absolute atomic E-state index is 12.8. The van der Waals surface area contributed by atoms with Crippen molar-refractivity contribution in [3.63, 3.8) is 0 Å². The van der Waals surface area contributed by atoms with Crippen LogP contribution in [0.25, 0.3) is 0 Å². The number of carbonyl (C=O) groups excluding carboxylic acids is 2. The van der Waals surface area contributed by atoms with Crippen molar-refractivity contribution in [1.82, 2.24) is 14.9 Å². The molecule has 0 bridgehead atoms. The fourth-order valence-corrected chi connectivity index (χ4v) is 3.25. The second kappa shape index (κ2) is 9.15. The first-order valence-corrected chi connectivity index (χ1v) is 9.32. The largest absolute Gasteiger partial charge is 0.385 e. The number of fused-ring (bicyclic) bond motifs is 1. The first-order chi connectivity index (χ1) is 13.6. The van der Waals surface area contributed by atoms with Crippen LogP contribution in [-0.2, 0) is 17.7 Å². The highest BCUT2D eigenvalue weighted by molar-refractivity contribution is 6.05. The minimum Gasteiger partial charge on any atom is -0.385 e. The Morgan fingerprint density at radius 2 is 2.18 bits per heavy atom. The van der Waals surface area contributed by atoms with Crippen LogP contribution in [0.3, 0.4) is 0 Å². The van der Waals surface area contributed by atoms with E-state index in [1.54, 1.807) is 31.4 Å². The minimum atomic E-state index is -0.376. The lowest BCUT2D eigenvalue weighted by atomic mass is 10.1. The minimum absolute atomic E-state index is 0.267. The highest BCUT2D eigenvalue weighted by Crippen LogP contribution is 2.22. The molecule has 0 atom stereocenters. The van der Waals surface area contributed by atoms with Gasteiger partial charge >= 0.3 is 0 Å². The molecule has 2 N–H and O–H groups in total. The lowest BCUT2D eigenvalue weighted by molar-refractivity contribution is 0.0932. The van der Waals surface area contributed by atoms with E-state index in [9.17, 15) is 9.59 Å². The topological polar surface area (TPSA) is 109 Å². The van der Waals surface area contributed by atoms with Crippen LogP contribution in [0.4, 0.5) is 5.69 Å². The summed E-state index contributed by atoms with van der Waals surface area (Å²) in [5, 5.41) is 14.6. The summed E-state index contributed by atoms with van der Waals surface area (Å²) in [6.07, 6.45) is 3.30. The second-order valence-corrected chi connectivity index (χ2v) is 6.59. The Morgan fingerprint density at radius 1 is 1.32 bits per heavy atom. The molecule has 0 spiro atoms. The average molecular weight is 381 g/mol. The predicted molar refractivity (Wildman–Crippen MR) is 103 cm³/mol. The molecule has 1 aliphatic rings. The molecule has 0 unspecified atom stereocenters. The van der Waals surface area contributed by atoms with E-state index in [4.69, 9.17) is 10.00 Å². The normalized spacial score (nSPS) is 12.7. The number of amides is 2. The zero-order valence-electron chi connectivity index (χ0n) is 15.8. The lowest BCUT2D eigenvalue weighted by Crippen LogP contribution is -2.29. The van der Waals surface area contributed by atoms with Crippen molar-refractivity contribution in [2.75, 3.05) is 25.6 Å². The Labute approximate surface area is 163 Å². The van der Waals surface area contributed by atoms with E-state index < -0.39 is 0 Å². The number of hydrogen-bond donors (Lipinski definition) is 2. The molecule has 0 radical (unpaired) electrons. The summed E-state index contributed by atoms with van der Waals surface area (Å²) in [5.41, 5.74) is 2.03. The number of carbonyl (C=O) groups is 2. The maximum Gasteiger partial charge on any atom is 0.287 e. The van der Waals surface area contributed by atoms with Gasteiger partial charge in [0.25, 0.3) is 11.8 Å². The summed E-state index contributed by atoms with van der Waals surface area (Å²) < 4.78 is 6.83. The fraction of sp³-hybridized carbons (Fsp3) is 0.400. The van der Waals surface area contributed by atoms with Crippen molar-refractivity contribution in [2.45, 2.75) is 32.2 Å². The Morgan fingerprint density at radius 3 is 2.96 bits per heavy atom. The Balaban J connectivity index is 1.80. The summed E-state index contributed by atoms with van der Waals surface area (Å²) in [6, 6.07) is 8.73. The highest BCUT2D eigenvalue weighted by Gasteiger charge is 2.27. The van der Waals surface area contributed by atoms with E-state index in [1.165, 1.54) is 0 Å². The summed E-state index contributed by atoms with van der Waals surface area (Å²) in [4.78, 5) is 29.7. The molecule has 3 rings (SSSR count). The number of aromatic nitrogens is 2. The SMILES string of the molecule is COCCCNC(=O)c1nc(C(=O)Nc2cccc(C#N)c2)c2n1CCCC2. The summed E-state index contributed by atoms with van der Waals surface area (Å²) in [7, 11) is 1.62. The van der Waals surface area contributed by atoms with Gasteiger partial charge in [-0.05, 0) is 43.9 Å². The third kappa shape index (κ3) is 4.38. The second-order valence-electron chi connectivity index (χ2n) is 6.59. The molecular formula is C20H23N5O3. The van der Waals surface area contributed by atoms with Crippen molar-refractivity contribution in [1.29, 1.82) is 5.26 Å². The molecule has 2 amide bonds. The van der Waals surface area contributed by atoms with E-state index in [-0.39, 0.29) is 23.3 Å². The number of anilines is 1. The molecule has 1 aromatic heterocycles. The molecule has 0 saturated carbocycles. The van der Waals surface area contributed by atoms with Crippen LogP contribution >= 0.6 is 0 Å². The van der Waals surface area contributed by atoms with Crippen molar-refractivity contribution in [3.8, 4) is 6.07 Å². The van der Waals surface area contributed by atoms with Gasteiger partial charge in [-0.25, -0.2) is 4.98 Å². The summed E-state index contributed by atoms with van der Waals surface area (Å²) in [5.74, 6) is -0.396. The first kappa shape index (κ1) is 19.6. The third-order valence-corrected chi connectivity index (χ3v) is 4.60. The van der Waals surface area contributed by atoms with Gasteiger partial charge in [0.2, 0.25) is 0 Å². The number of hydrogen-bond acceptors (Lipinski definition) is 5. The molecule has 28 heavy (non-hydrogen) atoms. The van der Waals surface area contributed by atoms with Gasteiger partial charge in [-0.2, -0.15) is 5.26 Å². The van der Waals surface area contributed by atoms with E-state index >= 15 is 0 Å². The quantitative estimate of drug-likeness (QED) is 0.714. The smallest absolute Gasteiger partial charge is 0.287 e. The van der Waals surface area contributed by atoms with Crippen LogP contribution in [0.1, 0.15) is 51.6 Å². The number of nitrogens with zero attached hydrogens (tertiary/aromatic N) is 3. The van der Waals surface area contributed by atoms with Crippen LogP contribution in [0.5, 0.6) is 0 Å². The monoisotopic (exact) mass is 381 g/mol. The molecule has 1 aliphatic heterocycles. The standard InChI is InChI=1S/C20H23N5O3/c1-28-11-5-9-22-20(27)18-24-17(16-8-2-3-10-25(16)18)19(26)23-15-7-4-6-14(12-15)13-21/h4,6-7,12H,2-3,5,8-11H2,1H3,(H,22,27)(H,23,26). The van der Waals surface area contributed by atoms with Crippen LogP contribution < -0.4 is 10.6 Å². The Kier molecular flexibility index (Phi) is 6.40. The highest BCUT2D eigenvalue weighted by atomic mass is 16.5. The van der Waals surface area contributed by atoms with E-state index in [0.29, 0.717) is 43.8 Å². The fourth-order valence-electron chi connectivity index (χ4n) is 3.25. The number of nitrogens with one attached hydrogen (secondary N) is 2. The van der Waals surface area contributed by atoms with Crippen LogP contribution in [0, 0.1) is 11.3 Å². The number of ether oxygens (including phenoxy) is 1. The molecule has 0 saturated heterocycles. The number of methoxy groups -OCH3 is 1. The van der Waals surface area contributed by atoms with Crippen molar-refractivity contribution >= 4 is 17.5 Å². The molecule has 2 aromatic rings. The number of nitriles is 1. The summed E-state index contributed by atoms with van der Waals surface area (Å²) >= 11 is 0. The van der Waals surface area contributed by atoms with Crippen molar-refractivity contribution < 1.29 is 14.3 Å². The molecule has 0 fully saturated rings. The molecular weight excluding hydrogens is 358 g/mol. The van der Waals surface area contributed by atoms with Crippen molar-refractivity contribution in [3.05, 3.63) is 47.0 Å². The van der Waals surface area contributed by atoms with Crippen LogP contribution in [-0.4, -0.2) is 41.6 Å². The number of benzene rings is 1. The van der Waals surface area contributed by atoms with Gasteiger partial charge in [-0.3, -0.25) is 9.59 Å². The average Bonchev–Trinajstić information content (AvgIpc) is 3.11. The van der Waals surface area contributed by atoms with E-state index in [2.05, 4.69) is 15.6 Å². The van der Waals surface area contributed by atoms with Crippen LogP contribution in [0.15, 0.2) is 24.3 Å². The number of imidazole rings is 1. The van der Waals surface area contributed by atoms with Gasteiger partial charge in [0.05, 0.1) is 17.3 Å². The zero-order valence-corrected chi connectivity index (χ0v) is 15.8. The zero-order chi connectivity index (χ0) is 19.9. The van der Waals surface area contributed by atoms with Crippen LogP contribution in [0.2, 0.25) is 0 Å². The van der Waals surface area contributed by atoms with E-state index in [1.807, 2.05) is 10.6 Å². The predicted octanol–water partition coefficient (Wildman–Crippen LogP) is 2.11. The lowest BCUT2D eigenvalue weighted by Gasteiger charge is -2.17. The van der Waals surface area contributed by atoms with Gasteiger partial charge < -0.3 is 19.9 Å². The Bertz CT molecular complexity index is 913. The van der Waals surface area contributed by atoms with Gasteiger partial charge in [0.1, 0.15) is 0 Å². The van der Waals surface area contributed by atoms with Crippen molar-refractivity contribution in [2.24, 2.45) is 0 Å². The number of rotatable bonds is 7. The maximum atomic E-state index is 12.8. The van der Waals surface area contributed by atoms with Gasteiger partial charge in [-0.1, -0.05) is 6.07 Å². The first-order valence-electron chi connectivity index (χ1n) is 9.32. The van der Waals surface area contributed by atoms with Gasteiger partial charge in [-0.15, -0.1) is 0 Å². The van der Waals surface area contributed by atoms with E-state index in [0.717, 1.165) is 18.5 Å². The molecule has 146 valence electrons. The third-order valence-electron chi connectivity index (χ3n) is 4.60. The summed E-state index contributed by atoms with van der Waals surface area (Å²) in [6.45, 7) is 1.72. The molecule has 0 aliphatic carbocycles. The molecule has 2 heterocycles. The molecule has 1 aromatic carbocycles.